The van der Waals surface area contributed by atoms with E-state index >= 15 is 0 Å². The Hall–Kier alpha value is -1.16. The second kappa shape index (κ2) is 5.68. The van der Waals surface area contributed by atoms with Gasteiger partial charge in [0.05, 0.1) is 19.5 Å². The van der Waals surface area contributed by atoms with Gasteiger partial charge in [0.1, 0.15) is 12.3 Å². The van der Waals surface area contributed by atoms with Crippen molar-refractivity contribution in [3.8, 4) is 0 Å². The van der Waals surface area contributed by atoms with E-state index < -0.39 is 34.6 Å². The molecule has 0 aromatic carbocycles. The van der Waals surface area contributed by atoms with Crippen molar-refractivity contribution >= 4 is 10.1 Å². The molecule has 0 bridgehead atoms. The van der Waals surface area contributed by atoms with Crippen LogP contribution in [0.25, 0.3) is 0 Å². The van der Waals surface area contributed by atoms with Crippen LogP contribution in [0, 0.1) is 0 Å². The molecule has 0 atom stereocenters. The zero-order valence-electron chi connectivity index (χ0n) is 10.6. The van der Waals surface area contributed by atoms with E-state index in [9.17, 15) is 17.2 Å². The molecule has 112 valence electrons. The van der Waals surface area contributed by atoms with Crippen LogP contribution in [-0.4, -0.2) is 39.5 Å². The van der Waals surface area contributed by atoms with Gasteiger partial charge in [-0.15, -0.1) is 0 Å². The Morgan fingerprint density at radius 3 is 2.55 bits per heavy atom. The molecule has 1 saturated heterocycles. The van der Waals surface area contributed by atoms with Gasteiger partial charge in [0.2, 0.25) is 0 Å². The van der Waals surface area contributed by atoms with Gasteiger partial charge >= 0.3 is 5.92 Å². The van der Waals surface area contributed by atoms with Crippen molar-refractivity contribution in [2.75, 3.05) is 26.1 Å². The summed E-state index contributed by atoms with van der Waals surface area (Å²) < 4.78 is 63.3. The van der Waals surface area contributed by atoms with Crippen LogP contribution in [0.15, 0.2) is 18.3 Å². The lowest BCUT2D eigenvalue weighted by atomic mass is 10.2. The van der Waals surface area contributed by atoms with Gasteiger partial charge in [0, 0.05) is 11.8 Å². The summed E-state index contributed by atoms with van der Waals surface area (Å²) in [5.74, 6) is -3.50. The molecule has 1 aliphatic heterocycles. The molecule has 1 aliphatic rings. The molecule has 0 unspecified atom stereocenters. The molecule has 1 fully saturated rings. The number of pyridine rings is 1. The summed E-state index contributed by atoms with van der Waals surface area (Å²) >= 11 is 0. The largest absolute Gasteiger partial charge is 0.346 e. The first-order valence-electron chi connectivity index (χ1n) is 5.70. The smallest absolute Gasteiger partial charge is 0.313 e. The zero-order valence-corrected chi connectivity index (χ0v) is 11.4. The quantitative estimate of drug-likeness (QED) is 0.761. The monoisotopic (exact) mass is 309 g/mol. The van der Waals surface area contributed by atoms with Crippen molar-refractivity contribution < 1.29 is 30.9 Å². The third kappa shape index (κ3) is 3.92. The second-order valence-corrected chi connectivity index (χ2v) is 5.86. The number of hydrogen-bond donors (Lipinski definition) is 0. The van der Waals surface area contributed by atoms with Gasteiger partial charge in [-0.3, -0.25) is 9.17 Å². The lowest BCUT2D eigenvalue weighted by Crippen LogP contribution is -2.24. The summed E-state index contributed by atoms with van der Waals surface area (Å²) in [6.45, 7) is -0.413. The first-order chi connectivity index (χ1) is 9.28. The van der Waals surface area contributed by atoms with E-state index in [2.05, 4.69) is 9.17 Å². The molecular formula is C11H13F2NO5S. The normalized spacial score (nSPS) is 17.6. The molecule has 0 radical (unpaired) electrons. The second-order valence-electron chi connectivity index (χ2n) is 4.22. The van der Waals surface area contributed by atoms with Crippen molar-refractivity contribution in [3.63, 3.8) is 0 Å². The fourth-order valence-corrected chi connectivity index (χ4v) is 1.93. The molecule has 1 aromatic rings. The predicted octanol–water partition coefficient (Wildman–Crippen LogP) is 1.20. The van der Waals surface area contributed by atoms with Gasteiger partial charge < -0.3 is 9.47 Å². The Labute approximate surface area is 114 Å². The zero-order chi connectivity index (χ0) is 14.8. The Morgan fingerprint density at radius 1 is 1.40 bits per heavy atom. The van der Waals surface area contributed by atoms with Crippen molar-refractivity contribution in [1.29, 1.82) is 0 Å². The van der Waals surface area contributed by atoms with E-state index in [1.54, 1.807) is 0 Å². The van der Waals surface area contributed by atoms with Gasteiger partial charge in [0.25, 0.3) is 10.1 Å². The van der Waals surface area contributed by atoms with Crippen LogP contribution < -0.4 is 0 Å². The molecule has 2 rings (SSSR count). The molecule has 20 heavy (non-hydrogen) atoms. The maximum absolute atomic E-state index is 13.7. The summed E-state index contributed by atoms with van der Waals surface area (Å²) in [6.07, 6.45) is 1.31. The Morgan fingerprint density at radius 2 is 2.05 bits per heavy atom. The first kappa shape index (κ1) is 15.2. The van der Waals surface area contributed by atoms with Gasteiger partial charge in [-0.2, -0.15) is 17.2 Å². The number of alkyl halides is 2. The van der Waals surface area contributed by atoms with Crippen molar-refractivity contribution in [2.45, 2.75) is 12.2 Å². The average molecular weight is 309 g/mol. The van der Waals surface area contributed by atoms with E-state index in [-0.39, 0.29) is 0 Å². The third-order valence-corrected chi connectivity index (χ3v) is 3.06. The van der Waals surface area contributed by atoms with E-state index in [0.29, 0.717) is 25.0 Å². The van der Waals surface area contributed by atoms with Gasteiger partial charge in [-0.05, 0) is 6.07 Å². The number of ether oxygens (including phenoxy) is 2. The lowest BCUT2D eigenvalue weighted by molar-refractivity contribution is -0.0508. The van der Waals surface area contributed by atoms with E-state index in [0.717, 1.165) is 6.07 Å². The van der Waals surface area contributed by atoms with Crippen LogP contribution in [0.2, 0.25) is 0 Å². The van der Waals surface area contributed by atoms with Crippen molar-refractivity contribution in [3.05, 3.63) is 29.6 Å². The number of rotatable bonds is 5. The fraction of sp³-hybridized carbons (Fsp3) is 0.545. The van der Waals surface area contributed by atoms with Gasteiger partial charge in [-0.25, -0.2) is 0 Å². The summed E-state index contributed by atoms with van der Waals surface area (Å²) in [5, 5.41) is 0. The number of halogens is 2. The lowest BCUT2D eigenvalue weighted by Gasteiger charge is -2.16. The molecule has 2 heterocycles. The van der Waals surface area contributed by atoms with E-state index in [1.807, 2.05) is 0 Å². The summed E-state index contributed by atoms with van der Waals surface area (Å²) in [4.78, 5) is 3.61. The molecule has 6 nitrogen and oxygen atoms in total. The molecule has 9 heteroatoms. The fourth-order valence-electron chi connectivity index (χ4n) is 1.57. The molecule has 0 saturated carbocycles. The summed E-state index contributed by atoms with van der Waals surface area (Å²) in [6, 6.07) is 2.48. The molecule has 0 N–H and O–H groups in total. The highest BCUT2D eigenvalue weighted by Gasteiger charge is 2.35. The van der Waals surface area contributed by atoms with Gasteiger partial charge in [-0.1, -0.05) is 6.07 Å². The number of nitrogens with zero attached hydrogens (tertiary/aromatic N) is 1. The van der Waals surface area contributed by atoms with Crippen LogP contribution in [0.1, 0.15) is 17.5 Å². The average Bonchev–Trinajstić information content (AvgIpc) is 2.90. The highest BCUT2D eigenvalue weighted by molar-refractivity contribution is 7.85. The third-order valence-electron chi connectivity index (χ3n) is 2.51. The molecular weight excluding hydrogens is 296 g/mol. The molecule has 0 aliphatic carbocycles. The van der Waals surface area contributed by atoms with Crippen LogP contribution in [0.5, 0.6) is 0 Å². The van der Waals surface area contributed by atoms with Crippen LogP contribution in [0.4, 0.5) is 8.78 Å². The maximum Gasteiger partial charge on any atom is 0.313 e. The highest BCUT2D eigenvalue weighted by atomic mass is 32.2. The van der Waals surface area contributed by atoms with Crippen molar-refractivity contribution in [1.82, 2.24) is 4.98 Å². The van der Waals surface area contributed by atoms with E-state index in [1.165, 1.54) is 12.3 Å². The summed E-state index contributed by atoms with van der Waals surface area (Å²) in [7, 11) is -3.93. The SMILES string of the molecule is CS(=O)(=O)OCC(F)(F)c1ccc(C2OCCO2)cn1. The van der Waals surface area contributed by atoms with Gasteiger partial charge in [0.15, 0.2) is 6.29 Å². The van der Waals surface area contributed by atoms with Crippen LogP contribution in [-0.2, 0) is 29.7 Å². The standard InChI is InChI=1S/C11H13F2NO5S/c1-20(15,16)19-7-11(12,13)9-3-2-8(6-14-9)10-17-4-5-18-10/h2-3,6,10H,4-5,7H2,1H3. The Balaban J connectivity index is 2.07. The highest BCUT2D eigenvalue weighted by Crippen LogP contribution is 2.29. The summed E-state index contributed by atoms with van der Waals surface area (Å²) in [5.41, 5.74) is -0.0611. The van der Waals surface area contributed by atoms with Crippen LogP contribution in [0.3, 0.4) is 0 Å². The predicted molar refractivity (Wildman–Crippen MR) is 63.6 cm³/mol. The minimum Gasteiger partial charge on any atom is -0.346 e. The van der Waals surface area contributed by atoms with Crippen molar-refractivity contribution in [2.24, 2.45) is 0 Å². The molecule has 0 amide bonds. The van der Waals surface area contributed by atoms with E-state index in [4.69, 9.17) is 9.47 Å². The molecule has 1 aromatic heterocycles. The number of hydrogen-bond acceptors (Lipinski definition) is 6. The topological polar surface area (TPSA) is 74.7 Å². The number of aromatic nitrogens is 1. The first-order valence-corrected chi connectivity index (χ1v) is 7.51. The Bertz CT molecular complexity index is 555. The van der Waals surface area contributed by atoms with Crippen LogP contribution >= 0.6 is 0 Å². The minimum atomic E-state index is -3.93. The maximum atomic E-state index is 13.7. The Kier molecular flexibility index (Phi) is 4.33. The minimum absolute atomic E-state index is 0.435. The molecule has 0 spiro atoms.